The second kappa shape index (κ2) is 5.80. The monoisotopic (exact) mass is 301 g/mol. The van der Waals surface area contributed by atoms with Crippen LogP contribution in [0.25, 0.3) is 5.65 Å². The first-order valence-electron chi connectivity index (χ1n) is 6.48. The molecule has 7 heteroatoms. The van der Waals surface area contributed by atoms with Crippen LogP contribution in [-0.4, -0.2) is 27.7 Å². The lowest BCUT2D eigenvalue weighted by Gasteiger charge is -2.02. The fourth-order valence-corrected chi connectivity index (χ4v) is 1.93. The third kappa shape index (κ3) is 2.88. The fraction of sp³-hybridized carbons (Fsp3) is 0.133. The van der Waals surface area contributed by atoms with E-state index in [9.17, 15) is 9.18 Å². The van der Waals surface area contributed by atoms with Crippen LogP contribution in [-0.2, 0) is 11.3 Å². The van der Waals surface area contributed by atoms with Gasteiger partial charge < -0.3 is 9.47 Å². The van der Waals surface area contributed by atoms with E-state index < -0.39 is 5.97 Å². The molecule has 112 valence electrons. The molecule has 0 amide bonds. The lowest BCUT2D eigenvalue weighted by Crippen LogP contribution is -2.03. The summed E-state index contributed by atoms with van der Waals surface area (Å²) in [6, 6.07) is 9.09. The smallest absolute Gasteiger partial charge is 0.339 e. The van der Waals surface area contributed by atoms with Gasteiger partial charge in [-0.05, 0) is 24.3 Å². The van der Waals surface area contributed by atoms with Gasteiger partial charge in [-0.15, -0.1) is 5.10 Å². The van der Waals surface area contributed by atoms with Gasteiger partial charge in [0.05, 0.1) is 12.7 Å². The second-order valence-electron chi connectivity index (χ2n) is 4.49. The molecule has 0 radical (unpaired) electrons. The quantitative estimate of drug-likeness (QED) is 0.691. The number of rotatable bonds is 4. The fourth-order valence-electron chi connectivity index (χ4n) is 1.93. The number of pyridine rings is 1. The number of halogens is 1. The van der Waals surface area contributed by atoms with Crippen LogP contribution in [0.15, 0.2) is 42.6 Å². The van der Waals surface area contributed by atoms with Crippen LogP contribution in [0.3, 0.4) is 0 Å². The lowest BCUT2D eigenvalue weighted by molar-refractivity contribution is 0.0600. The SMILES string of the molecule is COC(=O)c1ccc2nc(COc3cccc(F)c3)nn2c1. The molecule has 22 heavy (non-hydrogen) atoms. The van der Waals surface area contributed by atoms with Crippen LogP contribution < -0.4 is 4.74 Å². The van der Waals surface area contributed by atoms with E-state index in [1.807, 2.05) is 0 Å². The van der Waals surface area contributed by atoms with E-state index in [1.165, 1.54) is 30.0 Å². The summed E-state index contributed by atoms with van der Waals surface area (Å²) in [4.78, 5) is 15.7. The van der Waals surface area contributed by atoms with Crippen LogP contribution >= 0.6 is 0 Å². The molecule has 0 bridgehead atoms. The molecule has 3 aromatic rings. The highest BCUT2D eigenvalue weighted by molar-refractivity contribution is 5.89. The molecule has 0 aliphatic carbocycles. The van der Waals surface area contributed by atoms with E-state index in [4.69, 9.17) is 4.74 Å². The van der Waals surface area contributed by atoms with Gasteiger partial charge in [0.15, 0.2) is 11.5 Å². The molecular weight excluding hydrogens is 289 g/mol. The minimum absolute atomic E-state index is 0.0959. The summed E-state index contributed by atoms with van der Waals surface area (Å²) in [5.41, 5.74) is 0.947. The molecule has 0 N–H and O–H groups in total. The molecule has 0 unspecified atom stereocenters. The molecule has 0 saturated carbocycles. The van der Waals surface area contributed by atoms with Crippen molar-refractivity contribution in [3.63, 3.8) is 0 Å². The molecule has 2 heterocycles. The van der Waals surface area contributed by atoms with Crippen molar-refractivity contribution in [2.45, 2.75) is 6.61 Å². The lowest BCUT2D eigenvalue weighted by atomic mass is 10.3. The summed E-state index contributed by atoms with van der Waals surface area (Å²) in [5.74, 6) is -0.00137. The molecule has 3 rings (SSSR count). The molecule has 1 aromatic carbocycles. The summed E-state index contributed by atoms with van der Waals surface area (Å²) in [6.45, 7) is 0.0959. The van der Waals surface area contributed by atoms with E-state index in [0.29, 0.717) is 22.8 Å². The van der Waals surface area contributed by atoms with Crippen molar-refractivity contribution in [3.8, 4) is 5.75 Å². The topological polar surface area (TPSA) is 65.7 Å². The van der Waals surface area contributed by atoms with Gasteiger partial charge in [0, 0.05) is 12.3 Å². The van der Waals surface area contributed by atoms with E-state index in [2.05, 4.69) is 14.8 Å². The Morgan fingerprint density at radius 1 is 1.32 bits per heavy atom. The zero-order valence-corrected chi connectivity index (χ0v) is 11.7. The average Bonchev–Trinajstić information content (AvgIpc) is 2.94. The number of aromatic nitrogens is 3. The summed E-state index contributed by atoms with van der Waals surface area (Å²) >= 11 is 0. The first kappa shape index (κ1) is 14.0. The molecule has 2 aromatic heterocycles. The molecular formula is C15H12FN3O3. The summed E-state index contributed by atoms with van der Waals surface area (Å²) in [7, 11) is 1.31. The third-order valence-electron chi connectivity index (χ3n) is 2.96. The number of esters is 1. The minimum Gasteiger partial charge on any atom is -0.485 e. The van der Waals surface area contributed by atoms with Crippen LogP contribution in [0.4, 0.5) is 4.39 Å². The molecule has 0 fully saturated rings. The highest BCUT2D eigenvalue weighted by Crippen LogP contribution is 2.14. The highest BCUT2D eigenvalue weighted by atomic mass is 19.1. The molecule has 0 spiro atoms. The number of hydrogen-bond donors (Lipinski definition) is 0. The Labute approximate surface area is 125 Å². The first-order chi connectivity index (χ1) is 10.7. The Morgan fingerprint density at radius 3 is 2.95 bits per heavy atom. The van der Waals surface area contributed by atoms with Crippen LogP contribution in [0.1, 0.15) is 16.2 Å². The number of nitrogens with zero attached hydrogens (tertiary/aromatic N) is 3. The third-order valence-corrected chi connectivity index (χ3v) is 2.96. The van der Waals surface area contributed by atoms with Gasteiger partial charge >= 0.3 is 5.97 Å². The van der Waals surface area contributed by atoms with E-state index in [1.54, 1.807) is 24.3 Å². The highest BCUT2D eigenvalue weighted by Gasteiger charge is 2.09. The van der Waals surface area contributed by atoms with Gasteiger partial charge in [0.25, 0.3) is 0 Å². The van der Waals surface area contributed by atoms with E-state index >= 15 is 0 Å². The Bertz CT molecular complexity index is 832. The molecule has 0 aliphatic rings. The average molecular weight is 301 g/mol. The van der Waals surface area contributed by atoms with E-state index in [0.717, 1.165) is 0 Å². The van der Waals surface area contributed by atoms with Gasteiger partial charge in [-0.2, -0.15) is 0 Å². The maximum absolute atomic E-state index is 13.1. The number of fused-ring (bicyclic) bond motifs is 1. The summed E-state index contributed by atoms with van der Waals surface area (Å²) < 4.78 is 24.6. The van der Waals surface area contributed by atoms with Gasteiger partial charge in [0.2, 0.25) is 0 Å². The van der Waals surface area contributed by atoms with Crippen LogP contribution in [0.5, 0.6) is 5.75 Å². The molecule has 0 atom stereocenters. The number of benzene rings is 1. The zero-order valence-electron chi connectivity index (χ0n) is 11.7. The van der Waals surface area contributed by atoms with Crippen molar-refractivity contribution in [2.24, 2.45) is 0 Å². The normalized spacial score (nSPS) is 10.6. The minimum atomic E-state index is -0.449. The van der Waals surface area contributed by atoms with Crippen LogP contribution in [0.2, 0.25) is 0 Å². The van der Waals surface area contributed by atoms with Gasteiger partial charge in [-0.3, -0.25) is 0 Å². The maximum Gasteiger partial charge on any atom is 0.339 e. The Hall–Kier alpha value is -2.96. The van der Waals surface area contributed by atoms with Crippen molar-refractivity contribution in [1.29, 1.82) is 0 Å². The first-order valence-corrected chi connectivity index (χ1v) is 6.48. The summed E-state index contributed by atoms with van der Waals surface area (Å²) in [5, 5.41) is 4.21. The Kier molecular flexibility index (Phi) is 3.69. The Morgan fingerprint density at radius 2 is 2.18 bits per heavy atom. The van der Waals surface area contributed by atoms with Gasteiger partial charge in [-0.1, -0.05) is 6.07 Å². The number of methoxy groups -OCH3 is 1. The molecule has 0 aliphatic heterocycles. The predicted octanol–water partition coefficient (Wildman–Crippen LogP) is 2.23. The zero-order chi connectivity index (χ0) is 15.5. The predicted molar refractivity (Wildman–Crippen MR) is 75.1 cm³/mol. The van der Waals surface area contributed by atoms with Crippen molar-refractivity contribution in [2.75, 3.05) is 7.11 Å². The Balaban J connectivity index is 1.78. The number of ether oxygens (including phenoxy) is 2. The van der Waals surface area contributed by atoms with E-state index in [-0.39, 0.29) is 12.4 Å². The van der Waals surface area contributed by atoms with Gasteiger partial charge in [0.1, 0.15) is 18.2 Å². The maximum atomic E-state index is 13.1. The van der Waals surface area contributed by atoms with Crippen molar-refractivity contribution < 1.29 is 18.7 Å². The van der Waals surface area contributed by atoms with Crippen molar-refractivity contribution >= 4 is 11.6 Å². The summed E-state index contributed by atoms with van der Waals surface area (Å²) in [6.07, 6.45) is 1.53. The van der Waals surface area contributed by atoms with Crippen LogP contribution in [0, 0.1) is 5.82 Å². The van der Waals surface area contributed by atoms with Crippen molar-refractivity contribution in [3.05, 3.63) is 59.8 Å². The largest absolute Gasteiger partial charge is 0.485 e. The standard InChI is InChI=1S/C15H12FN3O3/c1-21-15(20)10-5-6-14-17-13(18-19(14)8-10)9-22-12-4-2-3-11(16)7-12/h2-8H,9H2,1H3. The van der Waals surface area contributed by atoms with Gasteiger partial charge in [-0.25, -0.2) is 18.7 Å². The number of carbonyl (C=O) groups is 1. The molecule has 6 nitrogen and oxygen atoms in total. The molecule has 0 saturated heterocycles. The number of carbonyl (C=O) groups excluding carboxylic acids is 1. The number of hydrogen-bond acceptors (Lipinski definition) is 5. The van der Waals surface area contributed by atoms with Crippen molar-refractivity contribution in [1.82, 2.24) is 14.6 Å². The second-order valence-corrected chi connectivity index (χ2v) is 4.49.